The zero-order chi connectivity index (χ0) is 13.9. The van der Waals surface area contributed by atoms with Gasteiger partial charge in [0.2, 0.25) is 0 Å². The molecule has 0 aliphatic carbocycles. The maximum atomic E-state index is 8.78. The molecule has 0 aliphatic rings. The highest BCUT2D eigenvalue weighted by molar-refractivity contribution is 5.60. The van der Waals surface area contributed by atoms with Gasteiger partial charge in [0, 0.05) is 11.3 Å². The molecule has 0 aliphatic heterocycles. The predicted molar refractivity (Wildman–Crippen MR) is 75.9 cm³/mol. The summed E-state index contributed by atoms with van der Waals surface area (Å²) in [6, 6.07) is 16.7. The molecule has 1 heterocycles. The molecule has 2 aromatic carbocycles. The van der Waals surface area contributed by atoms with Gasteiger partial charge in [-0.1, -0.05) is 12.1 Å². The van der Waals surface area contributed by atoms with E-state index in [4.69, 9.17) is 11.0 Å². The van der Waals surface area contributed by atoms with Gasteiger partial charge in [-0.2, -0.15) is 5.26 Å². The van der Waals surface area contributed by atoms with E-state index in [9.17, 15) is 0 Å². The van der Waals surface area contributed by atoms with Gasteiger partial charge in [-0.05, 0) is 36.4 Å². The second kappa shape index (κ2) is 4.86. The highest BCUT2D eigenvalue weighted by Crippen LogP contribution is 2.18. The van der Waals surface area contributed by atoms with Crippen LogP contribution in [0, 0.1) is 11.3 Å². The average Bonchev–Trinajstić information content (AvgIpc) is 2.97. The van der Waals surface area contributed by atoms with Crippen molar-refractivity contribution in [2.24, 2.45) is 0 Å². The van der Waals surface area contributed by atoms with Gasteiger partial charge in [0.25, 0.3) is 0 Å². The highest BCUT2D eigenvalue weighted by Gasteiger charge is 2.05. The Morgan fingerprint density at radius 3 is 2.60 bits per heavy atom. The summed E-state index contributed by atoms with van der Waals surface area (Å²) in [7, 11) is 0. The molecule has 0 fully saturated rings. The second-order valence-electron chi connectivity index (χ2n) is 4.30. The number of hydrogen-bond donors (Lipinski definition) is 1. The topological polar surface area (TPSA) is 80.5 Å². The largest absolute Gasteiger partial charge is 0.399 e. The molecule has 0 saturated heterocycles. The molecule has 0 amide bonds. The summed E-state index contributed by atoms with van der Waals surface area (Å²) in [5, 5.41) is 13.2. The van der Waals surface area contributed by atoms with Gasteiger partial charge >= 0.3 is 0 Å². The number of anilines is 1. The molecule has 2 N–H and O–H groups in total. The summed E-state index contributed by atoms with van der Waals surface area (Å²) in [6.45, 7) is 0. The third-order valence-corrected chi connectivity index (χ3v) is 2.90. The smallest absolute Gasteiger partial charge is 0.181 e. The van der Waals surface area contributed by atoms with E-state index in [1.54, 1.807) is 23.1 Å². The van der Waals surface area contributed by atoms with E-state index in [1.807, 2.05) is 36.4 Å². The molecule has 0 spiro atoms. The molecule has 0 bridgehead atoms. The first kappa shape index (κ1) is 11.9. The normalized spacial score (nSPS) is 10.2. The molecule has 5 heteroatoms. The van der Waals surface area contributed by atoms with E-state index < -0.39 is 0 Å². The first-order valence-corrected chi connectivity index (χ1v) is 6.04. The Balaban J connectivity index is 1.95. The van der Waals surface area contributed by atoms with Crippen molar-refractivity contribution < 1.29 is 0 Å². The predicted octanol–water partition coefficient (Wildman–Crippen LogP) is 2.39. The van der Waals surface area contributed by atoms with Crippen LogP contribution in [0.1, 0.15) is 5.56 Å². The zero-order valence-electron chi connectivity index (χ0n) is 10.6. The Morgan fingerprint density at radius 1 is 1.10 bits per heavy atom. The quantitative estimate of drug-likeness (QED) is 0.718. The van der Waals surface area contributed by atoms with Crippen LogP contribution in [0.25, 0.3) is 17.1 Å². The van der Waals surface area contributed by atoms with Crippen LogP contribution in [0.3, 0.4) is 0 Å². The lowest BCUT2D eigenvalue weighted by Crippen LogP contribution is -1.95. The standard InChI is InChI=1S/C15H11N5/c16-9-11-4-6-14(7-5-11)20-10-18-15(19-20)12-2-1-3-13(17)8-12/h1-8,10H,17H2. The number of hydrogen-bond acceptors (Lipinski definition) is 4. The van der Waals surface area contributed by atoms with Crippen LogP contribution >= 0.6 is 0 Å². The molecule has 20 heavy (non-hydrogen) atoms. The van der Waals surface area contributed by atoms with Crippen molar-refractivity contribution in [3.63, 3.8) is 0 Å². The minimum atomic E-state index is 0.613. The van der Waals surface area contributed by atoms with Crippen LogP contribution in [0.4, 0.5) is 5.69 Å². The third kappa shape index (κ3) is 2.22. The van der Waals surface area contributed by atoms with E-state index in [0.29, 0.717) is 17.1 Å². The minimum absolute atomic E-state index is 0.613. The van der Waals surface area contributed by atoms with Crippen molar-refractivity contribution in [1.29, 1.82) is 5.26 Å². The van der Waals surface area contributed by atoms with E-state index in [0.717, 1.165) is 11.3 Å². The van der Waals surface area contributed by atoms with Gasteiger partial charge in [0.1, 0.15) is 6.33 Å². The van der Waals surface area contributed by atoms with Crippen LogP contribution in [0.15, 0.2) is 54.9 Å². The van der Waals surface area contributed by atoms with Crippen molar-refractivity contribution in [2.45, 2.75) is 0 Å². The van der Waals surface area contributed by atoms with Gasteiger partial charge in [0.15, 0.2) is 5.82 Å². The average molecular weight is 261 g/mol. The first-order chi connectivity index (χ1) is 9.76. The zero-order valence-corrected chi connectivity index (χ0v) is 10.6. The second-order valence-corrected chi connectivity index (χ2v) is 4.30. The molecule has 3 aromatic rings. The molecule has 96 valence electrons. The highest BCUT2D eigenvalue weighted by atomic mass is 15.3. The number of aromatic nitrogens is 3. The molecular formula is C15H11N5. The molecule has 0 saturated carbocycles. The molecule has 0 radical (unpaired) electrons. The van der Waals surface area contributed by atoms with E-state index in [2.05, 4.69) is 16.2 Å². The van der Waals surface area contributed by atoms with Gasteiger partial charge in [-0.3, -0.25) is 0 Å². The minimum Gasteiger partial charge on any atom is -0.399 e. The van der Waals surface area contributed by atoms with Crippen molar-refractivity contribution in [3.8, 4) is 23.1 Å². The summed E-state index contributed by atoms with van der Waals surface area (Å²) < 4.78 is 1.67. The van der Waals surface area contributed by atoms with Crippen LogP contribution in [0.5, 0.6) is 0 Å². The Hall–Kier alpha value is -3.13. The van der Waals surface area contributed by atoms with Gasteiger partial charge < -0.3 is 5.73 Å². The summed E-state index contributed by atoms with van der Waals surface area (Å²) >= 11 is 0. The van der Waals surface area contributed by atoms with Crippen LogP contribution < -0.4 is 5.73 Å². The van der Waals surface area contributed by atoms with Crippen molar-refractivity contribution in [3.05, 3.63) is 60.4 Å². The van der Waals surface area contributed by atoms with Gasteiger partial charge in [0.05, 0.1) is 17.3 Å². The monoisotopic (exact) mass is 261 g/mol. The van der Waals surface area contributed by atoms with Crippen LogP contribution in [0.2, 0.25) is 0 Å². The fourth-order valence-electron chi connectivity index (χ4n) is 1.89. The number of nitrogens with two attached hydrogens (primary N) is 1. The number of nitrogen functional groups attached to an aromatic ring is 1. The Kier molecular flexibility index (Phi) is 2.90. The number of nitrogens with zero attached hydrogens (tertiary/aromatic N) is 4. The van der Waals surface area contributed by atoms with Crippen molar-refractivity contribution in [1.82, 2.24) is 14.8 Å². The van der Waals surface area contributed by atoms with Crippen LogP contribution in [-0.2, 0) is 0 Å². The van der Waals surface area contributed by atoms with E-state index in [-0.39, 0.29) is 0 Å². The van der Waals surface area contributed by atoms with E-state index >= 15 is 0 Å². The van der Waals surface area contributed by atoms with E-state index in [1.165, 1.54) is 0 Å². The molecular weight excluding hydrogens is 250 g/mol. The molecule has 0 unspecified atom stereocenters. The van der Waals surface area contributed by atoms with Crippen LogP contribution in [-0.4, -0.2) is 14.8 Å². The lowest BCUT2D eigenvalue weighted by atomic mass is 10.2. The maximum Gasteiger partial charge on any atom is 0.181 e. The SMILES string of the molecule is N#Cc1ccc(-n2cnc(-c3cccc(N)c3)n2)cc1. The molecule has 5 nitrogen and oxygen atoms in total. The first-order valence-electron chi connectivity index (χ1n) is 6.04. The summed E-state index contributed by atoms with van der Waals surface area (Å²) in [5.74, 6) is 0.613. The molecule has 0 atom stereocenters. The fourth-order valence-corrected chi connectivity index (χ4v) is 1.89. The van der Waals surface area contributed by atoms with Gasteiger partial charge in [-0.25, -0.2) is 9.67 Å². The summed E-state index contributed by atoms with van der Waals surface area (Å²) in [6.07, 6.45) is 1.64. The molecule has 3 rings (SSSR count). The fraction of sp³-hybridized carbons (Fsp3) is 0. The Morgan fingerprint density at radius 2 is 1.90 bits per heavy atom. The number of benzene rings is 2. The van der Waals surface area contributed by atoms with Crippen molar-refractivity contribution in [2.75, 3.05) is 5.73 Å². The number of rotatable bonds is 2. The Bertz CT molecular complexity index is 781. The summed E-state index contributed by atoms with van der Waals surface area (Å²) in [5.41, 5.74) is 8.77. The maximum absolute atomic E-state index is 8.78. The lowest BCUT2D eigenvalue weighted by molar-refractivity contribution is 0.882. The molecule has 1 aromatic heterocycles. The van der Waals surface area contributed by atoms with Crippen molar-refractivity contribution >= 4 is 5.69 Å². The number of nitriles is 1. The Labute approximate surface area is 115 Å². The summed E-state index contributed by atoms with van der Waals surface area (Å²) in [4.78, 5) is 4.28. The lowest BCUT2D eigenvalue weighted by Gasteiger charge is -2.00. The third-order valence-electron chi connectivity index (χ3n) is 2.90. The van der Waals surface area contributed by atoms with Gasteiger partial charge in [-0.15, -0.1) is 5.10 Å².